The lowest BCUT2D eigenvalue weighted by Crippen LogP contribution is -2.42. The highest BCUT2D eigenvalue weighted by molar-refractivity contribution is 5.88. The zero-order valence-electron chi connectivity index (χ0n) is 21.1. The van der Waals surface area contributed by atoms with Crippen LogP contribution >= 0.6 is 0 Å². The molecule has 0 radical (unpaired) electrons. The Hall–Kier alpha value is -2.79. The number of aliphatic hydroxyl groups is 1. The molecule has 198 valence electrons. The molecule has 3 aromatic rings. The number of nitrogens with one attached hydrogen (secondary N) is 2. The third kappa shape index (κ3) is 5.72. The highest BCUT2D eigenvalue weighted by Crippen LogP contribution is 2.34. The first-order valence-corrected chi connectivity index (χ1v) is 12.9. The first-order chi connectivity index (χ1) is 17.9. The van der Waals surface area contributed by atoms with Crippen molar-refractivity contribution in [3.8, 4) is 11.3 Å². The van der Waals surface area contributed by atoms with Crippen LogP contribution in [0.1, 0.15) is 50.2 Å². The Balaban J connectivity index is 1.50. The molecule has 0 bridgehead atoms. The standard InChI is InChI=1S/C27H33F2N5O3/c1-15(2)24-17(10-30-18-4-3-6-36-13-18)11-31-26-19(24)8-16(9-20(26)28)25-21(29)12-32-27(34-25)33-22-5-7-37-14-23(22)35/h8-9,11-12,15,18,22-23,30,35H,3-7,10,13-14H2,1-2H3,(H,32,33,34)/t18-,22-,23+/m1/s1. The molecule has 3 N–H and O–H groups in total. The summed E-state index contributed by atoms with van der Waals surface area (Å²) in [5, 5.41) is 17.4. The summed E-state index contributed by atoms with van der Waals surface area (Å²) in [5.74, 6) is -0.951. The van der Waals surface area contributed by atoms with Crippen LogP contribution < -0.4 is 10.6 Å². The quantitative estimate of drug-likeness (QED) is 0.437. The van der Waals surface area contributed by atoms with E-state index in [9.17, 15) is 9.50 Å². The summed E-state index contributed by atoms with van der Waals surface area (Å²) >= 11 is 0. The highest BCUT2D eigenvalue weighted by atomic mass is 19.1. The molecular formula is C27H33F2N5O3. The van der Waals surface area contributed by atoms with Crippen molar-refractivity contribution in [1.29, 1.82) is 0 Å². The van der Waals surface area contributed by atoms with E-state index in [1.54, 1.807) is 12.3 Å². The topological polar surface area (TPSA) is 101 Å². The fourth-order valence-electron chi connectivity index (χ4n) is 5.13. The van der Waals surface area contributed by atoms with Gasteiger partial charge in [0.2, 0.25) is 5.95 Å². The lowest BCUT2D eigenvalue weighted by Gasteiger charge is -2.28. The van der Waals surface area contributed by atoms with Gasteiger partial charge in [0.25, 0.3) is 0 Å². The second-order valence-corrected chi connectivity index (χ2v) is 10.1. The Bertz CT molecular complexity index is 1250. The minimum Gasteiger partial charge on any atom is -0.389 e. The van der Waals surface area contributed by atoms with Crippen LogP contribution in [0, 0.1) is 11.6 Å². The number of halogens is 2. The van der Waals surface area contributed by atoms with E-state index in [-0.39, 0.29) is 41.8 Å². The second kappa shape index (κ2) is 11.3. The van der Waals surface area contributed by atoms with Gasteiger partial charge in [-0.25, -0.2) is 18.7 Å². The van der Waals surface area contributed by atoms with Gasteiger partial charge in [0.15, 0.2) is 5.82 Å². The van der Waals surface area contributed by atoms with Gasteiger partial charge < -0.3 is 25.2 Å². The average Bonchev–Trinajstić information content (AvgIpc) is 2.89. The molecule has 10 heteroatoms. The van der Waals surface area contributed by atoms with Crippen LogP contribution in [-0.4, -0.2) is 64.7 Å². The van der Waals surface area contributed by atoms with Gasteiger partial charge in [-0.2, -0.15) is 0 Å². The number of aliphatic hydroxyl groups excluding tert-OH is 1. The van der Waals surface area contributed by atoms with Crippen molar-refractivity contribution in [3.63, 3.8) is 0 Å². The zero-order chi connectivity index (χ0) is 25.9. The molecule has 0 spiro atoms. The largest absolute Gasteiger partial charge is 0.389 e. The molecule has 37 heavy (non-hydrogen) atoms. The molecule has 2 fully saturated rings. The fourth-order valence-corrected chi connectivity index (χ4v) is 5.13. The summed E-state index contributed by atoms with van der Waals surface area (Å²) in [7, 11) is 0. The lowest BCUT2D eigenvalue weighted by atomic mass is 9.92. The van der Waals surface area contributed by atoms with E-state index in [1.807, 2.05) is 0 Å². The van der Waals surface area contributed by atoms with E-state index < -0.39 is 17.7 Å². The fraction of sp³-hybridized carbons (Fsp3) is 0.519. The van der Waals surface area contributed by atoms with E-state index >= 15 is 4.39 Å². The molecule has 0 saturated carbocycles. The number of anilines is 1. The Morgan fingerprint density at radius 2 is 1.89 bits per heavy atom. The van der Waals surface area contributed by atoms with Crippen molar-refractivity contribution in [1.82, 2.24) is 20.3 Å². The SMILES string of the molecule is CC(C)c1c(CN[C@@H]2CCCOC2)cnc2c(F)cc(-c3nc(N[C@@H]4CCOC[C@@H]4O)ncc3F)cc12. The van der Waals surface area contributed by atoms with E-state index in [4.69, 9.17) is 9.47 Å². The molecule has 1 aromatic carbocycles. The smallest absolute Gasteiger partial charge is 0.223 e. The number of ether oxygens (including phenoxy) is 2. The van der Waals surface area contributed by atoms with Gasteiger partial charge in [-0.1, -0.05) is 13.8 Å². The number of hydrogen-bond donors (Lipinski definition) is 3. The molecule has 0 aliphatic carbocycles. The number of hydrogen-bond acceptors (Lipinski definition) is 8. The van der Waals surface area contributed by atoms with E-state index in [0.29, 0.717) is 37.1 Å². The molecule has 5 rings (SSSR count). The van der Waals surface area contributed by atoms with E-state index in [0.717, 1.165) is 36.8 Å². The monoisotopic (exact) mass is 513 g/mol. The third-order valence-electron chi connectivity index (χ3n) is 7.03. The molecule has 4 heterocycles. The second-order valence-electron chi connectivity index (χ2n) is 10.1. The summed E-state index contributed by atoms with van der Waals surface area (Å²) < 4.78 is 41.1. The van der Waals surface area contributed by atoms with Crippen LogP contribution in [-0.2, 0) is 16.0 Å². The maximum Gasteiger partial charge on any atom is 0.223 e. The molecule has 2 aliphatic heterocycles. The molecule has 2 aromatic heterocycles. The third-order valence-corrected chi connectivity index (χ3v) is 7.03. The summed E-state index contributed by atoms with van der Waals surface area (Å²) in [4.78, 5) is 12.8. The Labute approximate surface area is 214 Å². The Kier molecular flexibility index (Phi) is 7.89. The van der Waals surface area contributed by atoms with Crippen molar-refractivity contribution in [3.05, 3.63) is 47.3 Å². The number of fused-ring (bicyclic) bond motifs is 1. The molecule has 2 saturated heterocycles. The zero-order valence-corrected chi connectivity index (χ0v) is 21.1. The van der Waals surface area contributed by atoms with Gasteiger partial charge in [-0.05, 0) is 48.4 Å². The number of aromatic nitrogens is 3. The molecule has 2 aliphatic rings. The first-order valence-electron chi connectivity index (χ1n) is 12.9. The minimum atomic E-state index is -0.726. The molecular weight excluding hydrogens is 480 g/mol. The summed E-state index contributed by atoms with van der Waals surface area (Å²) in [6, 6.07) is 2.96. The summed E-state index contributed by atoms with van der Waals surface area (Å²) in [6.07, 6.45) is 4.70. The number of rotatable bonds is 7. The average molecular weight is 514 g/mol. The van der Waals surface area contributed by atoms with Crippen LogP contribution in [0.3, 0.4) is 0 Å². The van der Waals surface area contributed by atoms with E-state index in [2.05, 4.69) is 39.4 Å². The van der Waals surface area contributed by atoms with Crippen molar-refractivity contribution < 1.29 is 23.4 Å². The van der Waals surface area contributed by atoms with Gasteiger partial charge in [0.05, 0.1) is 31.6 Å². The number of benzene rings is 1. The first kappa shape index (κ1) is 25.8. The summed E-state index contributed by atoms with van der Waals surface area (Å²) in [5.41, 5.74) is 2.47. The molecule has 3 atom stereocenters. The van der Waals surface area contributed by atoms with Crippen molar-refractivity contribution in [2.24, 2.45) is 0 Å². The van der Waals surface area contributed by atoms with Gasteiger partial charge in [0.1, 0.15) is 17.0 Å². The molecule has 0 unspecified atom stereocenters. The van der Waals surface area contributed by atoms with Crippen molar-refractivity contribution >= 4 is 16.9 Å². The van der Waals surface area contributed by atoms with Crippen molar-refractivity contribution in [2.45, 2.75) is 63.8 Å². The van der Waals surface area contributed by atoms with Gasteiger partial charge in [0, 0.05) is 42.9 Å². The van der Waals surface area contributed by atoms with Crippen LogP contribution in [0.2, 0.25) is 0 Å². The number of nitrogens with zero attached hydrogens (tertiary/aromatic N) is 3. The highest BCUT2D eigenvalue weighted by Gasteiger charge is 2.25. The van der Waals surface area contributed by atoms with Gasteiger partial charge in [-0.3, -0.25) is 4.98 Å². The maximum absolute atomic E-state index is 15.3. The number of pyridine rings is 1. The minimum absolute atomic E-state index is 0.0163. The van der Waals surface area contributed by atoms with Crippen molar-refractivity contribution in [2.75, 3.05) is 31.7 Å². The van der Waals surface area contributed by atoms with Crippen LogP contribution in [0.25, 0.3) is 22.2 Å². The van der Waals surface area contributed by atoms with Crippen LogP contribution in [0.15, 0.2) is 24.5 Å². The predicted molar refractivity (Wildman–Crippen MR) is 136 cm³/mol. The van der Waals surface area contributed by atoms with Gasteiger partial charge in [-0.15, -0.1) is 0 Å². The lowest BCUT2D eigenvalue weighted by molar-refractivity contribution is -0.0136. The van der Waals surface area contributed by atoms with Crippen LogP contribution in [0.5, 0.6) is 0 Å². The Morgan fingerprint density at radius 3 is 2.65 bits per heavy atom. The van der Waals surface area contributed by atoms with Gasteiger partial charge >= 0.3 is 0 Å². The van der Waals surface area contributed by atoms with E-state index in [1.165, 1.54) is 6.07 Å². The maximum atomic E-state index is 15.3. The Morgan fingerprint density at radius 1 is 1.05 bits per heavy atom. The van der Waals surface area contributed by atoms with Crippen LogP contribution in [0.4, 0.5) is 14.7 Å². The normalized spacial score (nSPS) is 22.5. The molecule has 0 amide bonds. The predicted octanol–water partition coefficient (Wildman–Crippen LogP) is 3.92. The molecule has 8 nitrogen and oxygen atoms in total. The summed E-state index contributed by atoms with van der Waals surface area (Å²) in [6.45, 7) is 6.86.